The summed E-state index contributed by atoms with van der Waals surface area (Å²) in [6, 6.07) is 0. The highest BCUT2D eigenvalue weighted by Crippen LogP contribution is 1.79. The molecule has 0 bridgehead atoms. The molecule has 0 aliphatic heterocycles. The lowest BCUT2D eigenvalue weighted by Crippen LogP contribution is -1.65. The number of hydrogen-bond acceptors (Lipinski definition) is 2. The number of allylic oxidation sites excluding steroid dienone is 1. The van der Waals surface area contributed by atoms with Gasteiger partial charge in [0.05, 0.1) is 6.21 Å². The molecule has 0 atom stereocenters. The monoisotopic (exact) mass is 211 g/mol. The Morgan fingerprint density at radius 2 is 2.43 bits per heavy atom. The largest absolute Gasteiger partial charge is 0.399 e. The highest BCUT2D eigenvalue weighted by Gasteiger charge is 1.57. The first-order valence-corrected chi connectivity index (χ1v) is 2.98. The van der Waals surface area contributed by atoms with Gasteiger partial charge in [-0.1, -0.05) is 27.7 Å². The van der Waals surface area contributed by atoms with Crippen molar-refractivity contribution in [1.29, 1.82) is 0 Å². The summed E-state index contributed by atoms with van der Waals surface area (Å²) in [7, 11) is 1.51. The van der Waals surface area contributed by atoms with Crippen LogP contribution >= 0.6 is 22.6 Å². The molecule has 7 heavy (non-hydrogen) atoms. The standard InChI is InChI=1S/C4H6INO/c1-7-6-4-2-3-5/h2-4H,1H3/b3-2+,6-4-. The second-order valence-electron chi connectivity index (χ2n) is 0.755. The van der Waals surface area contributed by atoms with Gasteiger partial charge in [-0.3, -0.25) is 0 Å². The fourth-order valence-corrected chi connectivity index (χ4v) is 0.314. The van der Waals surface area contributed by atoms with Crippen molar-refractivity contribution in [2.45, 2.75) is 0 Å². The Morgan fingerprint density at radius 3 is 2.86 bits per heavy atom. The van der Waals surface area contributed by atoms with Crippen LogP contribution in [0.2, 0.25) is 0 Å². The van der Waals surface area contributed by atoms with Crippen LogP contribution in [0, 0.1) is 0 Å². The van der Waals surface area contributed by atoms with Gasteiger partial charge in [-0.25, -0.2) is 0 Å². The van der Waals surface area contributed by atoms with Gasteiger partial charge < -0.3 is 4.84 Å². The molecule has 0 aromatic carbocycles. The first-order valence-electron chi connectivity index (χ1n) is 1.73. The van der Waals surface area contributed by atoms with Crippen LogP contribution in [-0.4, -0.2) is 13.3 Å². The second kappa shape index (κ2) is 5.94. The molecule has 0 N–H and O–H groups in total. The lowest BCUT2D eigenvalue weighted by molar-refractivity contribution is 0.215. The van der Waals surface area contributed by atoms with Crippen molar-refractivity contribution < 1.29 is 4.84 Å². The molecule has 40 valence electrons. The van der Waals surface area contributed by atoms with Gasteiger partial charge in [0.25, 0.3) is 0 Å². The molecule has 0 fully saturated rings. The Hall–Kier alpha value is -0.0600. The summed E-state index contributed by atoms with van der Waals surface area (Å²) in [6.45, 7) is 0. The van der Waals surface area contributed by atoms with Crippen molar-refractivity contribution in [3.05, 3.63) is 10.2 Å². The Labute approximate surface area is 56.4 Å². The van der Waals surface area contributed by atoms with E-state index in [-0.39, 0.29) is 0 Å². The van der Waals surface area contributed by atoms with Crippen LogP contribution in [0.4, 0.5) is 0 Å². The third kappa shape index (κ3) is 5.94. The number of hydrogen-bond donors (Lipinski definition) is 0. The van der Waals surface area contributed by atoms with Gasteiger partial charge in [-0.15, -0.1) is 0 Å². The number of oxime groups is 1. The molecule has 0 spiro atoms. The Morgan fingerprint density at radius 1 is 1.71 bits per heavy atom. The minimum Gasteiger partial charge on any atom is -0.399 e. The van der Waals surface area contributed by atoms with Gasteiger partial charge in [-0.2, -0.15) is 0 Å². The molecule has 0 aromatic rings. The predicted octanol–water partition coefficient (Wildman–Crippen LogP) is 1.57. The average molecular weight is 211 g/mol. The van der Waals surface area contributed by atoms with Crippen molar-refractivity contribution >= 4 is 28.8 Å². The maximum Gasteiger partial charge on any atom is 0.106 e. The number of nitrogens with zero attached hydrogens (tertiary/aromatic N) is 1. The lowest BCUT2D eigenvalue weighted by Gasteiger charge is -1.77. The molecule has 3 heteroatoms. The highest BCUT2D eigenvalue weighted by atomic mass is 127. The molecule has 0 amide bonds. The number of halogens is 1. The molecule has 0 radical (unpaired) electrons. The summed E-state index contributed by atoms with van der Waals surface area (Å²) in [5.41, 5.74) is 0. The molecule has 0 saturated carbocycles. The van der Waals surface area contributed by atoms with E-state index in [1.165, 1.54) is 7.11 Å². The zero-order valence-electron chi connectivity index (χ0n) is 3.97. The van der Waals surface area contributed by atoms with Crippen molar-refractivity contribution in [1.82, 2.24) is 0 Å². The Kier molecular flexibility index (Phi) is 5.89. The molecule has 0 aromatic heterocycles. The molecular weight excluding hydrogens is 205 g/mol. The zero-order chi connectivity index (χ0) is 5.54. The van der Waals surface area contributed by atoms with Gasteiger partial charge in [-0.05, 0) is 10.2 Å². The van der Waals surface area contributed by atoms with E-state index in [2.05, 4.69) is 32.6 Å². The summed E-state index contributed by atoms with van der Waals surface area (Å²) in [4.78, 5) is 4.36. The van der Waals surface area contributed by atoms with Gasteiger partial charge in [0.2, 0.25) is 0 Å². The lowest BCUT2D eigenvalue weighted by atomic mass is 10.7. The van der Waals surface area contributed by atoms with Crippen LogP contribution in [0.25, 0.3) is 0 Å². The van der Waals surface area contributed by atoms with Crippen LogP contribution < -0.4 is 0 Å². The van der Waals surface area contributed by atoms with Gasteiger partial charge in [0.15, 0.2) is 0 Å². The van der Waals surface area contributed by atoms with Crippen molar-refractivity contribution in [2.75, 3.05) is 7.11 Å². The highest BCUT2D eigenvalue weighted by molar-refractivity contribution is 14.1. The number of rotatable bonds is 2. The van der Waals surface area contributed by atoms with Crippen LogP contribution in [0.5, 0.6) is 0 Å². The van der Waals surface area contributed by atoms with Crippen molar-refractivity contribution in [3.8, 4) is 0 Å². The summed E-state index contributed by atoms with van der Waals surface area (Å²) < 4.78 is 1.85. The van der Waals surface area contributed by atoms with Crippen LogP contribution in [-0.2, 0) is 4.84 Å². The maximum atomic E-state index is 4.36. The zero-order valence-corrected chi connectivity index (χ0v) is 6.12. The third-order valence-corrected chi connectivity index (χ3v) is 0.740. The van der Waals surface area contributed by atoms with Crippen LogP contribution in [0.15, 0.2) is 15.3 Å². The fraction of sp³-hybridized carbons (Fsp3) is 0.250. The quantitative estimate of drug-likeness (QED) is 0.386. The van der Waals surface area contributed by atoms with E-state index in [9.17, 15) is 0 Å². The van der Waals surface area contributed by atoms with Gasteiger partial charge >= 0.3 is 0 Å². The molecule has 0 heterocycles. The van der Waals surface area contributed by atoms with E-state index >= 15 is 0 Å². The van der Waals surface area contributed by atoms with Crippen LogP contribution in [0.3, 0.4) is 0 Å². The van der Waals surface area contributed by atoms with E-state index < -0.39 is 0 Å². The molecule has 0 saturated heterocycles. The molecular formula is C4H6INO. The molecule has 0 aliphatic carbocycles. The van der Waals surface area contributed by atoms with E-state index in [0.29, 0.717) is 0 Å². The predicted molar refractivity (Wildman–Crippen MR) is 38.7 cm³/mol. The topological polar surface area (TPSA) is 21.6 Å². The fourth-order valence-electron chi connectivity index (χ4n) is 0.129. The van der Waals surface area contributed by atoms with E-state index in [1.807, 2.05) is 4.08 Å². The molecule has 0 unspecified atom stereocenters. The summed E-state index contributed by atoms with van der Waals surface area (Å²) in [6.07, 6.45) is 3.36. The summed E-state index contributed by atoms with van der Waals surface area (Å²) in [5, 5.41) is 3.44. The first-order chi connectivity index (χ1) is 3.41. The molecule has 0 rings (SSSR count). The normalized spacial score (nSPS) is 11.1. The molecule has 2 nitrogen and oxygen atoms in total. The van der Waals surface area contributed by atoms with Crippen LogP contribution in [0.1, 0.15) is 0 Å². The van der Waals surface area contributed by atoms with E-state index in [0.717, 1.165) is 0 Å². The Bertz CT molecular complexity index is 79.8. The molecule has 0 aliphatic rings. The van der Waals surface area contributed by atoms with E-state index in [4.69, 9.17) is 0 Å². The SMILES string of the molecule is CO/N=C\C=C\I. The third-order valence-electron chi connectivity index (χ3n) is 0.325. The van der Waals surface area contributed by atoms with Gasteiger partial charge in [0, 0.05) is 0 Å². The minimum atomic E-state index is 1.51. The summed E-state index contributed by atoms with van der Waals surface area (Å²) >= 11 is 2.10. The summed E-state index contributed by atoms with van der Waals surface area (Å²) in [5.74, 6) is 0. The second-order valence-corrected chi connectivity index (χ2v) is 1.47. The maximum absolute atomic E-state index is 4.36. The first kappa shape index (κ1) is 6.94. The van der Waals surface area contributed by atoms with Gasteiger partial charge in [0.1, 0.15) is 7.11 Å². The van der Waals surface area contributed by atoms with E-state index in [1.54, 1.807) is 12.3 Å². The average Bonchev–Trinajstić information content (AvgIpc) is 1.69. The smallest absolute Gasteiger partial charge is 0.106 e. The minimum absolute atomic E-state index is 1.51. The van der Waals surface area contributed by atoms with Crippen molar-refractivity contribution in [3.63, 3.8) is 0 Å². The van der Waals surface area contributed by atoms with Crippen molar-refractivity contribution in [2.24, 2.45) is 5.16 Å². The Balaban J connectivity index is 3.09.